The molecule has 2 aromatic rings. The molecule has 5 nitrogen and oxygen atoms in total. The number of aromatic carboxylic acids is 1. The number of phenolic OH excluding ortho intramolecular Hbond substituents is 1. The minimum atomic E-state index is -1.11. The lowest BCUT2D eigenvalue weighted by Crippen LogP contribution is -1.95. The molecule has 72 valence electrons. The number of rotatable bonds is 1. The van der Waals surface area contributed by atoms with Crippen molar-refractivity contribution in [3.05, 3.63) is 23.6 Å². The van der Waals surface area contributed by atoms with E-state index in [2.05, 4.69) is 4.98 Å². The molecule has 0 saturated heterocycles. The first-order valence-electron chi connectivity index (χ1n) is 3.91. The summed E-state index contributed by atoms with van der Waals surface area (Å²) in [6, 6.07) is 2.48. The molecule has 0 aliphatic rings. The van der Waals surface area contributed by atoms with E-state index in [1.54, 1.807) is 6.92 Å². The van der Waals surface area contributed by atoms with Crippen LogP contribution in [0.1, 0.15) is 16.2 Å². The Labute approximate surface area is 78.6 Å². The van der Waals surface area contributed by atoms with Crippen LogP contribution in [0.25, 0.3) is 11.1 Å². The maximum atomic E-state index is 10.6. The Balaban J connectivity index is 2.77. The van der Waals surface area contributed by atoms with Crippen LogP contribution in [0.2, 0.25) is 0 Å². The molecule has 0 saturated carbocycles. The molecule has 0 bridgehead atoms. The van der Waals surface area contributed by atoms with Crippen molar-refractivity contribution in [2.45, 2.75) is 6.92 Å². The number of carboxylic acid groups (broad SMARTS) is 1. The molecular formula is C9H7NO4. The molecule has 0 aliphatic carbocycles. The van der Waals surface area contributed by atoms with Crippen molar-refractivity contribution in [3.63, 3.8) is 0 Å². The van der Waals surface area contributed by atoms with Gasteiger partial charge in [-0.3, -0.25) is 0 Å². The molecule has 1 heterocycles. The summed E-state index contributed by atoms with van der Waals surface area (Å²) in [4.78, 5) is 14.5. The van der Waals surface area contributed by atoms with Gasteiger partial charge in [-0.05, 0) is 12.1 Å². The molecule has 0 aliphatic heterocycles. The van der Waals surface area contributed by atoms with Crippen molar-refractivity contribution >= 4 is 17.1 Å². The number of hydrogen-bond donors (Lipinski definition) is 2. The highest BCUT2D eigenvalue weighted by Gasteiger charge is 2.12. The van der Waals surface area contributed by atoms with Gasteiger partial charge >= 0.3 is 5.97 Å². The van der Waals surface area contributed by atoms with Crippen molar-refractivity contribution in [1.82, 2.24) is 4.98 Å². The predicted molar refractivity (Wildman–Crippen MR) is 47.4 cm³/mol. The van der Waals surface area contributed by atoms with Crippen LogP contribution >= 0.6 is 0 Å². The normalized spacial score (nSPS) is 10.6. The van der Waals surface area contributed by atoms with E-state index in [1.807, 2.05) is 0 Å². The summed E-state index contributed by atoms with van der Waals surface area (Å²) in [5.74, 6) is -0.911. The monoisotopic (exact) mass is 193 g/mol. The zero-order valence-corrected chi connectivity index (χ0v) is 7.31. The Morgan fingerprint density at radius 2 is 2.21 bits per heavy atom. The molecule has 14 heavy (non-hydrogen) atoms. The predicted octanol–water partition coefficient (Wildman–Crippen LogP) is 1.54. The minimum Gasteiger partial charge on any atom is -0.506 e. The van der Waals surface area contributed by atoms with Gasteiger partial charge in [0.05, 0.1) is 5.56 Å². The van der Waals surface area contributed by atoms with Crippen molar-refractivity contribution in [3.8, 4) is 5.75 Å². The number of carboxylic acids is 1. The standard InChI is InChI=1S/C9H7NO4/c1-4-10-8-6(11)2-5(9(12)13)3-7(8)14-4/h2-3,11H,1H3,(H,12,13). The van der Waals surface area contributed by atoms with E-state index in [9.17, 15) is 9.90 Å². The van der Waals surface area contributed by atoms with Crippen LogP contribution in [0.4, 0.5) is 0 Å². The van der Waals surface area contributed by atoms with Crippen LogP contribution in [0.3, 0.4) is 0 Å². The van der Waals surface area contributed by atoms with Gasteiger partial charge in [-0.15, -0.1) is 0 Å². The largest absolute Gasteiger partial charge is 0.506 e. The number of carbonyl (C=O) groups is 1. The second-order valence-corrected chi connectivity index (χ2v) is 2.88. The van der Waals surface area contributed by atoms with Crippen molar-refractivity contribution in [2.75, 3.05) is 0 Å². The third kappa shape index (κ3) is 1.19. The zero-order chi connectivity index (χ0) is 10.3. The van der Waals surface area contributed by atoms with Gasteiger partial charge in [-0.2, -0.15) is 0 Å². The molecule has 0 radical (unpaired) electrons. The smallest absolute Gasteiger partial charge is 0.335 e. The summed E-state index contributed by atoms with van der Waals surface area (Å²) in [5, 5.41) is 18.1. The van der Waals surface area contributed by atoms with Crippen LogP contribution < -0.4 is 0 Å². The van der Waals surface area contributed by atoms with Gasteiger partial charge in [0.1, 0.15) is 5.75 Å². The van der Waals surface area contributed by atoms with Gasteiger partial charge in [-0.1, -0.05) is 0 Å². The molecule has 0 spiro atoms. The average Bonchev–Trinajstić information content (AvgIpc) is 2.45. The van der Waals surface area contributed by atoms with E-state index in [4.69, 9.17) is 9.52 Å². The Kier molecular flexibility index (Phi) is 1.67. The van der Waals surface area contributed by atoms with E-state index >= 15 is 0 Å². The summed E-state index contributed by atoms with van der Waals surface area (Å²) < 4.78 is 5.11. The van der Waals surface area contributed by atoms with Gasteiger partial charge in [0.15, 0.2) is 17.0 Å². The fourth-order valence-corrected chi connectivity index (χ4v) is 1.25. The Morgan fingerprint density at radius 3 is 2.86 bits per heavy atom. The third-order valence-electron chi connectivity index (χ3n) is 1.83. The van der Waals surface area contributed by atoms with Crippen LogP contribution in [0, 0.1) is 6.92 Å². The molecule has 2 rings (SSSR count). The summed E-state index contributed by atoms with van der Waals surface area (Å²) in [6.45, 7) is 1.62. The van der Waals surface area contributed by atoms with Crippen LogP contribution in [-0.4, -0.2) is 21.2 Å². The molecule has 2 N–H and O–H groups in total. The van der Waals surface area contributed by atoms with Crippen LogP contribution in [-0.2, 0) is 0 Å². The maximum Gasteiger partial charge on any atom is 0.335 e. The van der Waals surface area contributed by atoms with E-state index in [1.165, 1.54) is 6.07 Å². The lowest BCUT2D eigenvalue weighted by atomic mass is 10.2. The fraction of sp³-hybridized carbons (Fsp3) is 0.111. The van der Waals surface area contributed by atoms with E-state index < -0.39 is 5.97 Å². The third-order valence-corrected chi connectivity index (χ3v) is 1.83. The molecular weight excluding hydrogens is 186 g/mol. The fourth-order valence-electron chi connectivity index (χ4n) is 1.25. The minimum absolute atomic E-state index is 0.0221. The number of aromatic hydroxyl groups is 1. The number of benzene rings is 1. The van der Waals surface area contributed by atoms with Gasteiger partial charge in [0, 0.05) is 6.92 Å². The highest BCUT2D eigenvalue weighted by atomic mass is 16.4. The van der Waals surface area contributed by atoms with Crippen LogP contribution in [0.15, 0.2) is 16.5 Å². The molecule has 1 aromatic heterocycles. The zero-order valence-electron chi connectivity index (χ0n) is 7.31. The molecule has 0 fully saturated rings. The van der Waals surface area contributed by atoms with Crippen LogP contribution in [0.5, 0.6) is 5.75 Å². The molecule has 0 unspecified atom stereocenters. The summed E-state index contributed by atoms with van der Waals surface area (Å²) >= 11 is 0. The van der Waals surface area contributed by atoms with Crippen molar-refractivity contribution in [2.24, 2.45) is 0 Å². The van der Waals surface area contributed by atoms with E-state index in [-0.39, 0.29) is 22.4 Å². The number of aryl methyl sites for hydroxylation is 1. The molecule has 0 amide bonds. The number of oxazole rings is 1. The Bertz CT molecular complexity index is 515. The van der Waals surface area contributed by atoms with Gasteiger partial charge in [0.25, 0.3) is 0 Å². The van der Waals surface area contributed by atoms with Gasteiger partial charge in [-0.25, -0.2) is 9.78 Å². The second-order valence-electron chi connectivity index (χ2n) is 2.88. The highest BCUT2D eigenvalue weighted by molar-refractivity contribution is 5.94. The molecule has 0 atom stereocenters. The van der Waals surface area contributed by atoms with Gasteiger partial charge in [0.2, 0.25) is 0 Å². The second kappa shape index (κ2) is 2.73. The lowest BCUT2D eigenvalue weighted by Gasteiger charge is -1.95. The number of aromatic nitrogens is 1. The topological polar surface area (TPSA) is 83.6 Å². The number of phenols is 1. The number of fused-ring (bicyclic) bond motifs is 1. The molecule has 5 heteroatoms. The van der Waals surface area contributed by atoms with Crippen molar-refractivity contribution in [1.29, 1.82) is 0 Å². The number of hydrogen-bond acceptors (Lipinski definition) is 4. The van der Waals surface area contributed by atoms with E-state index in [0.29, 0.717) is 5.89 Å². The summed E-state index contributed by atoms with van der Waals surface area (Å²) in [6.07, 6.45) is 0. The SMILES string of the molecule is Cc1nc2c(O)cc(C(=O)O)cc2o1. The summed E-state index contributed by atoms with van der Waals surface area (Å²) in [7, 11) is 0. The highest BCUT2D eigenvalue weighted by Crippen LogP contribution is 2.26. The first-order chi connectivity index (χ1) is 6.58. The van der Waals surface area contributed by atoms with E-state index in [0.717, 1.165) is 6.07 Å². The number of nitrogens with zero attached hydrogens (tertiary/aromatic N) is 1. The van der Waals surface area contributed by atoms with Gasteiger partial charge < -0.3 is 14.6 Å². The lowest BCUT2D eigenvalue weighted by molar-refractivity contribution is 0.0696. The first kappa shape index (κ1) is 8.55. The van der Waals surface area contributed by atoms with Crippen molar-refractivity contribution < 1.29 is 19.4 Å². The quantitative estimate of drug-likeness (QED) is 0.717. The Hall–Kier alpha value is -2.04. The first-order valence-corrected chi connectivity index (χ1v) is 3.91. The maximum absolute atomic E-state index is 10.6. The average molecular weight is 193 g/mol. The summed E-state index contributed by atoms with van der Waals surface area (Å²) in [5.41, 5.74) is 0.540. The Morgan fingerprint density at radius 1 is 1.50 bits per heavy atom. The molecule has 1 aromatic carbocycles.